The molecule has 0 aliphatic heterocycles. The number of rotatable bonds is 9. The molecule has 10 aromatic carbocycles. The predicted molar refractivity (Wildman–Crippen MR) is 379 cm³/mol. The van der Waals surface area contributed by atoms with Gasteiger partial charge in [0, 0.05) is 81.5 Å². The first-order valence-corrected chi connectivity index (χ1v) is 34.3. The SMILES string of the molecule is C=C(C)C(=O)OCC12c3cc4ccccc4cc3C(c3cc4ccccc4cc31)C1C(=O)CC(=O)C12.C=C(C)C(=O)OCC12c3ccccc3C(c3ccccc31)C1C(=O)CC(=O)C12.C=C(C)C(=O)OCc1c2c(cc3cc4ccccc4cc13)C1c3ccccc3C2C2C(=O)CC(=O)C12. The first kappa shape index (κ1) is 62.4. The largest absolute Gasteiger partial charge is 0.461 e. The number of ether oxygens (including phenoxy) is 3. The van der Waals surface area contributed by atoms with Crippen molar-refractivity contribution in [1.82, 2.24) is 0 Å². The van der Waals surface area contributed by atoms with Gasteiger partial charge in [-0.3, -0.25) is 28.8 Å². The Balaban J connectivity index is 0.000000113. The van der Waals surface area contributed by atoms with Gasteiger partial charge in [0.2, 0.25) is 0 Å². The summed E-state index contributed by atoms with van der Waals surface area (Å²) in [6.07, 6.45) is -0.0965. The van der Waals surface area contributed by atoms with Crippen LogP contribution in [0.5, 0.6) is 0 Å². The maximum atomic E-state index is 13.6. The first-order chi connectivity index (χ1) is 48.3. The quantitative estimate of drug-likeness (QED) is 0.0439. The van der Waals surface area contributed by atoms with Gasteiger partial charge in [-0.1, -0.05) is 184 Å². The van der Waals surface area contributed by atoms with Crippen LogP contribution in [-0.2, 0) is 74.8 Å². The van der Waals surface area contributed by atoms with E-state index in [9.17, 15) is 43.2 Å². The summed E-state index contributed by atoms with van der Waals surface area (Å²) in [5.41, 5.74) is 12.8. The van der Waals surface area contributed by atoms with Crippen LogP contribution in [0.1, 0.15) is 136 Å². The summed E-state index contributed by atoms with van der Waals surface area (Å²) < 4.78 is 17.3. The van der Waals surface area contributed by atoms with E-state index in [-0.39, 0.29) is 115 Å². The molecule has 0 amide bonds. The number of hydrogen-bond acceptors (Lipinski definition) is 12. The van der Waals surface area contributed by atoms with Gasteiger partial charge in [0.1, 0.15) is 54.5 Å². The summed E-state index contributed by atoms with van der Waals surface area (Å²) >= 11 is 0. The maximum Gasteiger partial charge on any atom is 0.333 e. The van der Waals surface area contributed by atoms with Crippen molar-refractivity contribution in [3.8, 4) is 0 Å². The van der Waals surface area contributed by atoms with Gasteiger partial charge in [0.15, 0.2) is 0 Å². The second-order valence-electron chi connectivity index (χ2n) is 29.0. The van der Waals surface area contributed by atoms with E-state index in [1.807, 2.05) is 97.1 Å². The smallest absolute Gasteiger partial charge is 0.333 e. The van der Waals surface area contributed by atoms with Gasteiger partial charge >= 0.3 is 17.9 Å². The number of ketones is 6. The van der Waals surface area contributed by atoms with Gasteiger partial charge in [-0.15, -0.1) is 0 Å². The highest BCUT2D eigenvalue weighted by Gasteiger charge is 2.68. The molecule has 12 nitrogen and oxygen atoms in total. The summed E-state index contributed by atoms with van der Waals surface area (Å²) in [7, 11) is 0. The standard InChI is InChI=1S/2C32H24O4.C24H20O4/c1-17(2)31(35)36-16-32-24-13-20-9-5-3-7-18(20)11-22(24)28(29-26(33)15-27(34)30(29)32)23-12-19-8-4-6-10-21(19)14-25(23)32;1-16(2)32(35)36-15-24-22-12-18-8-4-3-7-17(18)11-19(22)13-23-27-20-9-5-6-10-21(20)29(28(23)24)31-26(34)14-25(33)30(27)31;1-13(2)23(27)28-12-24-16-9-5-3-7-14(16)20(15-8-4-6-10-17(15)24)21-18(25)11-19(26)22(21)24/h3-14,28-30H,1,15-16H2,2H3;3-13,27,29-31H,1,14-15H2,2H3;3-10,20-22H,1,11-12H2,2H3. The van der Waals surface area contributed by atoms with Gasteiger partial charge in [-0.25, -0.2) is 14.4 Å². The highest BCUT2D eigenvalue weighted by atomic mass is 16.5. The Morgan fingerprint density at radius 3 is 1.17 bits per heavy atom. The van der Waals surface area contributed by atoms with E-state index in [1.165, 1.54) is 0 Å². The van der Waals surface area contributed by atoms with Crippen molar-refractivity contribution >= 4 is 95.7 Å². The molecule has 0 heterocycles. The fourth-order valence-electron chi connectivity index (χ4n) is 19.8. The highest BCUT2D eigenvalue weighted by Crippen LogP contribution is 2.68. The summed E-state index contributed by atoms with van der Waals surface area (Å²) in [5.74, 6) is -4.74. The molecule has 0 spiro atoms. The third-order valence-electron chi connectivity index (χ3n) is 23.6. The van der Waals surface area contributed by atoms with Crippen LogP contribution in [0.4, 0.5) is 0 Å². The lowest BCUT2D eigenvalue weighted by atomic mass is 9.47. The number of carbonyl (C=O) groups is 9. The van der Waals surface area contributed by atoms with E-state index in [0.717, 1.165) is 115 Å². The fourth-order valence-corrected chi connectivity index (χ4v) is 19.8. The molecule has 8 unspecified atom stereocenters. The monoisotopic (exact) mass is 1320 g/mol. The van der Waals surface area contributed by atoms with E-state index >= 15 is 0 Å². The molecule has 0 saturated heterocycles. The molecular weight excluding hydrogens is 1250 g/mol. The minimum atomic E-state index is -0.938. The maximum absolute atomic E-state index is 13.6. The van der Waals surface area contributed by atoms with Gasteiger partial charge in [-0.05, 0) is 155 Å². The van der Waals surface area contributed by atoms with Crippen molar-refractivity contribution in [1.29, 1.82) is 0 Å². The van der Waals surface area contributed by atoms with Crippen molar-refractivity contribution in [2.45, 2.75) is 81.1 Å². The molecule has 0 N–H and O–H groups in total. The zero-order valence-corrected chi connectivity index (χ0v) is 55.4. The Morgan fingerprint density at radius 2 is 0.690 bits per heavy atom. The van der Waals surface area contributed by atoms with E-state index in [0.29, 0.717) is 16.7 Å². The molecular formula is C88H68O12. The van der Waals surface area contributed by atoms with Crippen LogP contribution in [0, 0.1) is 35.5 Å². The van der Waals surface area contributed by atoms with Crippen LogP contribution in [0.15, 0.2) is 225 Å². The van der Waals surface area contributed by atoms with Gasteiger partial charge in [0.05, 0.1) is 30.1 Å². The third kappa shape index (κ3) is 8.93. The normalized spacial score (nSPS) is 25.8. The number of carbonyl (C=O) groups excluding carboxylic acids is 9. The molecule has 100 heavy (non-hydrogen) atoms. The molecule has 0 radical (unpaired) electrons. The molecule has 492 valence electrons. The molecule has 8 atom stereocenters. The lowest BCUT2D eigenvalue weighted by Gasteiger charge is -2.54. The zero-order chi connectivity index (χ0) is 69.1. The number of hydrogen-bond donors (Lipinski definition) is 0. The van der Waals surface area contributed by atoms with Crippen LogP contribution >= 0.6 is 0 Å². The molecule has 12 heteroatoms. The molecule has 22 rings (SSSR count). The van der Waals surface area contributed by atoms with Crippen LogP contribution in [0.25, 0.3) is 43.1 Å². The Kier molecular flexibility index (Phi) is 14.3. The van der Waals surface area contributed by atoms with Gasteiger partial charge in [-0.2, -0.15) is 0 Å². The number of fused-ring (bicyclic) bond motifs is 4. The van der Waals surface area contributed by atoms with Crippen LogP contribution in [0.2, 0.25) is 0 Å². The van der Waals surface area contributed by atoms with Crippen molar-refractivity contribution < 1.29 is 57.4 Å². The fraction of sp³-hybridized carbons (Fsp3) is 0.239. The van der Waals surface area contributed by atoms with E-state index < -0.39 is 46.5 Å². The summed E-state index contributed by atoms with van der Waals surface area (Å²) in [4.78, 5) is 117. The van der Waals surface area contributed by atoms with Crippen molar-refractivity contribution in [3.63, 3.8) is 0 Å². The number of benzene rings is 10. The Bertz CT molecular complexity index is 5330. The minimum Gasteiger partial charge on any atom is -0.461 e. The van der Waals surface area contributed by atoms with E-state index in [1.54, 1.807) is 20.8 Å². The lowest BCUT2D eigenvalue weighted by Crippen LogP contribution is -2.56. The second-order valence-corrected chi connectivity index (χ2v) is 29.0. The summed E-state index contributed by atoms with van der Waals surface area (Å²) in [5, 5.41) is 8.59. The summed E-state index contributed by atoms with van der Waals surface area (Å²) in [6.45, 7) is 16.1. The molecule has 3 saturated carbocycles. The average Bonchev–Trinajstić information content (AvgIpc) is 1.25. The van der Waals surface area contributed by atoms with Crippen LogP contribution in [-0.4, -0.2) is 65.8 Å². The minimum absolute atomic E-state index is 0.000362. The van der Waals surface area contributed by atoms with Crippen molar-refractivity contribution in [2.75, 3.05) is 13.2 Å². The van der Waals surface area contributed by atoms with Crippen molar-refractivity contribution in [2.24, 2.45) is 35.5 Å². The lowest BCUT2D eigenvalue weighted by molar-refractivity contribution is -0.143. The number of Topliss-reactive ketones (excluding diaryl/α,β-unsaturated/α-hetero) is 6. The van der Waals surface area contributed by atoms with E-state index in [4.69, 9.17) is 14.2 Å². The molecule has 12 aliphatic carbocycles. The Labute approximate surface area is 576 Å². The van der Waals surface area contributed by atoms with Gasteiger partial charge in [0.25, 0.3) is 0 Å². The van der Waals surface area contributed by atoms with Crippen LogP contribution in [0.3, 0.4) is 0 Å². The average molecular weight is 1320 g/mol. The van der Waals surface area contributed by atoms with E-state index in [2.05, 4.69) is 111 Å². The second kappa shape index (κ2) is 23.0. The number of esters is 3. The zero-order valence-electron chi connectivity index (χ0n) is 55.4. The topological polar surface area (TPSA) is 181 Å². The summed E-state index contributed by atoms with van der Waals surface area (Å²) in [6, 6.07) is 63.8. The molecule has 3 fully saturated rings. The molecule has 6 bridgehead atoms. The first-order valence-electron chi connectivity index (χ1n) is 34.3. The Morgan fingerprint density at radius 1 is 0.350 bits per heavy atom. The highest BCUT2D eigenvalue weighted by molar-refractivity contribution is 6.14. The third-order valence-corrected chi connectivity index (χ3v) is 23.6. The van der Waals surface area contributed by atoms with Gasteiger partial charge < -0.3 is 14.2 Å². The van der Waals surface area contributed by atoms with Crippen LogP contribution < -0.4 is 0 Å². The van der Waals surface area contributed by atoms with Crippen molar-refractivity contribution in [3.05, 3.63) is 297 Å². The molecule has 10 aromatic rings. The predicted octanol–water partition coefficient (Wildman–Crippen LogP) is 14.9. The Hall–Kier alpha value is -11.1. The molecule has 12 aliphatic rings. The molecule has 0 aromatic heterocycles.